The molecule has 76 valence electrons. The first-order valence-electron chi connectivity index (χ1n) is 4.24. The van der Waals surface area contributed by atoms with Crippen molar-refractivity contribution in [1.29, 1.82) is 0 Å². The van der Waals surface area contributed by atoms with Gasteiger partial charge >= 0.3 is 5.97 Å². The third-order valence-corrected chi connectivity index (χ3v) is 1.77. The first kappa shape index (κ1) is 10.5. The van der Waals surface area contributed by atoms with E-state index in [-0.39, 0.29) is 18.4 Å². The first-order chi connectivity index (χ1) is 6.50. The van der Waals surface area contributed by atoms with Gasteiger partial charge in [0.05, 0.1) is 5.56 Å². The van der Waals surface area contributed by atoms with E-state index in [9.17, 15) is 9.59 Å². The van der Waals surface area contributed by atoms with Gasteiger partial charge in [-0.05, 0) is 19.9 Å². The van der Waals surface area contributed by atoms with Gasteiger partial charge in [0.25, 0.3) is 0 Å². The second-order valence-corrected chi connectivity index (χ2v) is 3.02. The molecule has 0 amide bonds. The van der Waals surface area contributed by atoms with Crippen molar-refractivity contribution in [2.45, 2.75) is 27.4 Å². The second kappa shape index (κ2) is 4.09. The largest absolute Gasteiger partial charge is 0.462 e. The van der Waals surface area contributed by atoms with Crippen LogP contribution in [0.2, 0.25) is 0 Å². The Bertz CT molecular complexity index is 362. The Morgan fingerprint density at radius 1 is 1.43 bits per heavy atom. The van der Waals surface area contributed by atoms with Crippen LogP contribution in [0, 0.1) is 6.92 Å². The van der Waals surface area contributed by atoms with Crippen LogP contribution in [-0.4, -0.2) is 11.8 Å². The number of hydrogen-bond donors (Lipinski definition) is 0. The summed E-state index contributed by atoms with van der Waals surface area (Å²) in [5.41, 5.74) is 0.534. The quantitative estimate of drug-likeness (QED) is 0.546. The molecule has 0 spiro atoms. The highest BCUT2D eigenvalue weighted by Crippen LogP contribution is 2.15. The van der Waals surface area contributed by atoms with Crippen molar-refractivity contribution >= 4 is 11.8 Å². The standard InChI is InChI=1S/C10H12O4/c1-6(11)10-4-9(14-7(10)2)5-13-8(3)12/h4H,5H2,1-3H3. The molecule has 1 aromatic heterocycles. The van der Waals surface area contributed by atoms with Gasteiger partial charge in [-0.25, -0.2) is 0 Å². The number of hydrogen-bond acceptors (Lipinski definition) is 4. The summed E-state index contributed by atoms with van der Waals surface area (Å²) < 4.78 is 9.96. The molecule has 1 aromatic rings. The van der Waals surface area contributed by atoms with Crippen LogP contribution in [0.5, 0.6) is 0 Å². The average Bonchev–Trinajstić information content (AvgIpc) is 2.43. The van der Waals surface area contributed by atoms with E-state index in [4.69, 9.17) is 9.15 Å². The molecule has 0 radical (unpaired) electrons. The lowest BCUT2D eigenvalue weighted by Crippen LogP contribution is -1.97. The molecular formula is C10H12O4. The molecular weight excluding hydrogens is 184 g/mol. The number of carbonyl (C=O) groups is 2. The molecule has 4 nitrogen and oxygen atoms in total. The molecule has 0 aromatic carbocycles. The number of ether oxygens (including phenoxy) is 1. The molecule has 1 heterocycles. The number of rotatable bonds is 3. The van der Waals surface area contributed by atoms with Crippen molar-refractivity contribution in [2.24, 2.45) is 0 Å². The molecule has 0 aliphatic rings. The number of esters is 1. The van der Waals surface area contributed by atoms with Crippen molar-refractivity contribution in [3.8, 4) is 0 Å². The van der Waals surface area contributed by atoms with E-state index in [2.05, 4.69) is 0 Å². The third-order valence-electron chi connectivity index (χ3n) is 1.77. The lowest BCUT2D eigenvalue weighted by atomic mass is 10.2. The van der Waals surface area contributed by atoms with Crippen molar-refractivity contribution in [3.05, 3.63) is 23.2 Å². The molecule has 14 heavy (non-hydrogen) atoms. The predicted octanol–water partition coefficient (Wildman–Crippen LogP) is 1.85. The Hall–Kier alpha value is -1.58. The van der Waals surface area contributed by atoms with Crippen molar-refractivity contribution in [3.63, 3.8) is 0 Å². The van der Waals surface area contributed by atoms with Crippen molar-refractivity contribution in [1.82, 2.24) is 0 Å². The maximum Gasteiger partial charge on any atom is 0.303 e. The van der Waals surface area contributed by atoms with Gasteiger partial charge in [-0.2, -0.15) is 0 Å². The lowest BCUT2D eigenvalue weighted by Gasteiger charge is -1.96. The Morgan fingerprint density at radius 2 is 2.07 bits per heavy atom. The minimum Gasteiger partial charge on any atom is -0.462 e. The fraction of sp³-hybridized carbons (Fsp3) is 0.400. The monoisotopic (exact) mass is 196 g/mol. The van der Waals surface area contributed by atoms with Gasteiger partial charge in [0, 0.05) is 6.92 Å². The van der Waals surface area contributed by atoms with Gasteiger partial charge in [-0.3, -0.25) is 9.59 Å². The summed E-state index contributed by atoms with van der Waals surface area (Å²) in [6.07, 6.45) is 0. The smallest absolute Gasteiger partial charge is 0.303 e. The highest BCUT2D eigenvalue weighted by Gasteiger charge is 2.11. The SMILES string of the molecule is CC(=O)OCc1cc(C(C)=O)c(C)o1. The highest BCUT2D eigenvalue weighted by molar-refractivity contribution is 5.95. The third kappa shape index (κ3) is 2.45. The zero-order valence-electron chi connectivity index (χ0n) is 8.42. The Morgan fingerprint density at radius 3 is 2.50 bits per heavy atom. The van der Waals surface area contributed by atoms with Crippen LogP contribution >= 0.6 is 0 Å². The Labute approximate surface area is 81.9 Å². The summed E-state index contributed by atoms with van der Waals surface area (Å²) in [4.78, 5) is 21.6. The summed E-state index contributed by atoms with van der Waals surface area (Å²) in [6.45, 7) is 4.56. The molecule has 0 bridgehead atoms. The van der Waals surface area contributed by atoms with E-state index in [0.29, 0.717) is 17.1 Å². The molecule has 0 fully saturated rings. The molecule has 0 saturated heterocycles. The van der Waals surface area contributed by atoms with Crippen molar-refractivity contribution in [2.75, 3.05) is 0 Å². The molecule has 4 heteroatoms. The molecule has 0 saturated carbocycles. The van der Waals surface area contributed by atoms with Crippen molar-refractivity contribution < 1.29 is 18.7 Å². The predicted molar refractivity (Wildman–Crippen MR) is 48.9 cm³/mol. The van der Waals surface area contributed by atoms with Crippen LogP contribution in [0.3, 0.4) is 0 Å². The Kier molecular flexibility index (Phi) is 3.06. The highest BCUT2D eigenvalue weighted by atomic mass is 16.5. The molecule has 0 aliphatic heterocycles. The van der Waals surface area contributed by atoms with E-state index < -0.39 is 0 Å². The normalized spacial score (nSPS) is 9.93. The fourth-order valence-corrected chi connectivity index (χ4v) is 1.14. The average molecular weight is 196 g/mol. The van der Waals surface area contributed by atoms with Gasteiger partial charge in [0.1, 0.15) is 18.1 Å². The van der Waals surface area contributed by atoms with Crippen LogP contribution in [0.15, 0.2) is 10.5 Å². The molecule has 1 rings (SSSR count). The maximum atomic E-state index is 11.0. The fourth-order valence-electron chi connectivity index (χ4n) is 1.14. The summed E-state index contributed by atoms with van der Waals surface area (Å²) in [5, 5.41) is 0. The minimum atomic E-state index is -0.372. The van der Waals surface area contributed by atoms with E-state index in [1.54, 1.807) is 13.0 Å². The first-order valence-corrected chi connectivity index (χ1v) is 4.24. The van der Waals surface area contributed by atoms with E-state index >= 15 is 0 Å². The van der Waals surface area contributed by atoms with Gasteiger partial charge < -0.3 is 9.15 Å². The summed E-state index contributed by atoms with van der Waals surface area (Å²) in [6, 6.07) is 1.60. The van der Waals surface area contributed by atoms with E-state index in [1.807, 2.05) is 0 Å². The topological polar surface area (TPSA) is 56.5 Å². The minimum absolute atomic E-state index is 0.0553. The lowest BCUT2D eigenvalue weighted by molar-refractivity contribution is -0.142. The van der Waals surface area contributed by atoms with Gasteiger partial charge in [0.2, 0.25) is 0 Å². The van der Waals surface area contributed by atoms with Gasteiger partial charge in [-0.15, -0.1) is 0 Å². The zero-order valence-corrected chi connectivity index (χ0v) is 8.42. The van der Waals surface area contributed by atoms with E-state index in [0.717, 1.165) is 0 Å². The van der Waals surface area contributed by atoms with Crippen LogP contribution in [0.25, 0.3) is 0 Å². The summed E-state index contributed by atoms with van der Waals surface area (Å²) in [5.74, 6) is 0.617. The zero-order chi connectivity index (χ0) is 10.7. The summed E-state index contributed by atoms with van der Waals surface area (Å²) in [7, 11) is 0. The maximum absolute atomic E-state index is 11.0. The number of furan rings is 1. The second-order valence-electron chi connectivity index (χ2n) is 3.02. The number of aryl methyl sites for hydroxylation is 1. The number of Topliss-reactive ketones (excluding diaryl/α,β-unsaturated/α-hetero) is 1. The molecule has 0 aliphatic carbocycles. The van der Waals surface area contributed by atoms with Crippen LogP contribution < -0.4 is 0 Å². The number of ketones is 1. The number of carbonyl (C=O) groups excluding carboxylic acids is 2. The van der Waals surface area contributed by atoms with Gasteiger partial charge in [0.15, 0.2) is 5.78 Å². The molecule has 0 N–H and O–H groups in total. The van der Waals surface area contributed by atoms with Crippen LogP contribution in [0.1, 0.15) is 35.7 Å². The van der Waals surface area contributed by atoms with Gasteiger partial charge in [-0.1, -0.05) is 0 Å². The Balaban J connectivity index is 2.76. The molecule has 0 unspecified atom stereocenters. The van der Waals surface area contributed by atoms with Crippen LogP contribution in [0.4, 0.5) is 0 Å². The summed E-state index contributed by atoms with van der Waals surface area (Å²) >= 11 is 0. The van der Waals surface area contributed by atoms with E-state index in [1.165, 1.54) is 13.8 Å². The van der Waals surface area contributed by atoms with Crippen LogP contribution in [-0.2, 0) is 16.1 Å². The molecule has 0 atom stereocenters.